The van der Waals surface area contributed by atoms with Gasteiger partial charge in [0, 0.05) is 25.4 Å². The number of ketones is 1. The lowest BCUT2D eigenvalue weighted by Gasteiger charge is -2.52. The van der Waals surface area contributed by atoms with Crippen LogP contribution in [0.25, 0.3) is 0 Å². The maximum absolute atomic E-state index is 14.1. The van der Waals surface area contributed by atoms with Crippen molar-refractivity contribution >= 4 is 11.7 Å². The molecule has 1 heterocycles. The Labute approximate surface area is 188 Å². The van der Waals surface area contributed by atoms with Crippen LogP contribution in [0.4, 0.5) is 0 Å². The second-order valence-corrected chi connectivity index (χ2v) is 11.0. The Morgan fingerprint density at radius 1 is 1.32 bits per heavy atom. The number of ether oxygens (including phenoxy) is 1. The molecule has 0 aromatic carbocycles. The van der Waals surface area contributed by atoms with Gasteiger partial charge in [0.15, 0.2) is 11.5 Å². The Morgan fingerprint density at radius 2 is 2.00 bits per heavy atom. The Morgan fingerprint density at radius 3 is 2.58 bits per heavy atom. The monoisotopic (exact) mass is 427 g/mol. The van der Waals surface area contributed by atoms with Crippen molar-refractivity contribution in [1.82, 2.24) is 5.32 Å². The quantitative estimate of drug-likeness (QED) is 0.443. The SMILES string of the molecule is C/C=C(\C)[C@@H]1C(C)=C[C@]2(C)C[C@H](C)CC[C@H]2[C@@H]1C(=O)C1=C[C@@](CC(C)C)(OC)NC1=O. The van der Waals surface area contributed by atoms with Gasteiger partial charge in [0.05, 0.1) is 5.57 Å². The molecule has 0 aromatic rings. The molecule has 1 aliphatic heterocycles. The summed E-state index contributed by atoms with van der Waals surface area (Å²) in [5.41, 5.74) is 1.88. The average molecular weight is 428 g/mol. The summed E-state index contributed by atoms with van der Waals surface area (Å²) in [7, 11) is 1.60. The number of amides is 1. The summed E-state index contributed by atoms with van der Waals surface area (Å²) in [6, 6.07) is 0. The standard InChI is InChI=1S/C27H41NO3/c1-9-18(5)22-19(6)14-26(7)13-17(4)10-11-21(26)23(22)24(29)20-15-27(31-8,12-16(2)3)28-25(20)30/h9,14-17,21-23H,10-13H2,1-8H3,(H,28,30)/b18-9+/t17-,21+,22-,23+,26+,27-/m1/s1. The molecule has 1 saturated carbocycles. The molecule has 4 heteroatoms. The summed E-state index contributed by atoms with van der Waals surface area (Å²) >= 11 is 0. The highest BCUT2D eigenvalue weighted by Crippen LogP contribution is 2.56. The van der Waals surface area contributed by atoms with Crippen LogP contribution in [0.5, 0.6) is 0 Å². The fraction of sp³-hybridized carbons (Fsp3) is 0.704. The van der Waals surface area contributed by atoms with Crippen LogP contribution in [-0.2, 0) is 14.3 Å². The number of carbonyl (C=O) groups excluding carboxylic acids is 2. The van der Waals surface area contributed by atoms with Crippen LogP contribution < -0.4 is 5.32 Å². The molecule has 6 atom stereocenters. The van der Waals surface area contributed by atoms with Crippen LogP contribution in [0.15, 0.2) is 34.9 Å². The van der Waals surface area contributed by atoms with Gasteiger partial charge in [0.25, 0.3) is 5.91 Å². The lowest BCUT2D eigenvalue weighted by atomic mass is 9.52. The van der Waals surface area contributed by atoms with Crippen molar-refractivity contribution in [3.8, 4) is 0 Å². The van der Waals surface area contributed by atoms with Gasteiger partial charge in [-0.2, -0.15) is 0 Å². The zero-order valence-corrected chi connectivity index (χ0v) is 20.7. The smallest absolute Gasteiger partial charge is 0.257 e. The number of allylic oxidation sites excluding steroid dienone is 4. The topological polar surface area (TPSA) is 55.4 Å². The average Bonchev–Trinajstić information content (AvgIpc) is 3.00. The molecule has 0 unspecified atom stereocenters. The second-order valence-electron chi connectivity index (χ2n) is 11.0. The van der Waals surface area contributed by atoms with E-state index in [-0.39, 0.29) is 40.4 Å². The first kappa shape index (κ1) is 24.0. The molecule has 2 aliphatic carbocycles. The third-order valence-electron chi connectivity index (χ3n) is 7.98. The number of hydrogen-bond acceptors (Lipinski definition) is 3. The lowest BCUT2D eigenvalue weighted by molar-refractivity contribution is -0.129. The molecule has 1 fully saturated rings. The van der Waals surface area contributed by atoms with Crippen LogP contribution in [0, 0.1) is 35.0 Å². The van der Waals surface area contributed by atoms with E-state index in [9.17, 15) is 9.59 Å². The van der Waals surface area contributed by atoms with Gasteiger partial charge in [-0.25, -0.2) is 0 Å². The molecule has 0 spiro atoms. The molecule has 3 aliphatic rings. The number of nitrogens with one attached hydrogen (secondary N) is 1. The predicted octanol–water partition coefficient (Wildman–Crippen LogP) is 5.60. The second kappa shape index (κ2) is 8.69. The van der Waals surface area contributed by atoms with E-state index in [0.717, 1.165) is 19.3 Å². The van der Waals surface area contributed by atoms with Crippen LogP contribution in [0.2, 0.25) is 0 Å². The Hall–Kier alpha value is -1.68. The highest BCUT2D eigenvalue weighted by atomic mass is 16.5. The minimum Gasteiger partial charge on any atom is -0.355 e. The first-order valence-electron chi connectivity index (χ1n) is 11.9. The summed E-state index contributed by atoms with van der Waals surface area (Å²) in [4.78, 5) is 27.1. The third-order valence-corrected chi connectivity index (χ3v) is 7.98. The van der Waals surface area contributed by atoms with Crippen LogP contribution in [0.3, 0.4) is 0 Å². The van der Waals surface area contributed by atoms with Gasteiger partial charge in [-0.3, -0.25) is 9.59 Å². The summed E-state index contributed by atoms with van der Waals surface area (Å²) in [5.74, 6) is 0.777. The van der Waals surface area contributed by atoms with Gasteiger partial charge >= 0.3 is 0 Å². The van der Waals surface area contributed by atoms with Gasteiger partial charge in [-0.15, -0.1) is 0 Å². The predicted molar refractivity (Wildman–Crippen MR) is 125 cm³/mol. The molecule has 1 amide bonds. The summed E-state index contributed by atoms with van der Waals surface area (Å²) < 4.78 is 5.72. The highest BCUT2D eigenvalue weighted by Gasteiger charge is 2.53. The lowest BCUT2D eigenvalue weighted by Crippen LogP contribution is -2.48. The number of fused-ring (bicyclic) bond motifs is 1. The van der Waals surface area contributed by atoms with E-state index in [1.807, 2.05) is 6.92 Å². The number of methoxy groups -OCH3 is 1. The maximum Gasteiger partial charge on any atom is 0.257 e. The minimum absolute atomic E-state index is 0.00147. The van der Waals surface area contributed by atoms with Crippen molar-refractivity contribution in [1.29, 1.82) is 0 Å². The fourth-order valence-corrected chi connectivity index (χ4v) is 6.70. The molecular weight excluding hydrogens is 386 g/mol. The van der Waals surface area contributed by atoms with Crippen molar-refractivity contribution in [2.24, 2.45) is 35.0 Å². The molecule has 31 heavy (non-hydrogen) atoms. The molecule has 0 radical (unpaired) electrons. The molecule has 0 aromatic heterocycles. The van der Waals surface area contributed by atoms with E-state index in [0.29, 0.717) is 18.3 Å². The number of carbonyl (C=O) groups is 2. The van der Waals surface area contributed by atoms with E-state index in [2.05, 4.69) is 59.0 Å². The molecule has 3 rings (SSSR count). The number of rotatable bonds is 6. The normalized spacial score (nSPS) is 38.5. The number of hydrogen-bond donors (Lipinski definition) is 1. The van der Waals surface area contributed by atoms with E-state index < -0.39 is 5.72 Å². The maximum atomic E-state index is 14.1. The molecule has 0 saturated heterocycles. The summed E-state index contributed by atoms with van der Waals surface area (Å²) in [6.45, 7) is 15.2. The molecule has 0 bridgehead atoms. The fourth-order valence-electron chi connectivity index (χ4n) is 6.70. The summed E-state index contributed by atoms with van der Waals surface area (Å²) in [6.07, 6.45) is 10.2. The first-order chi connectivity index (χ1) is 14.5. The molecule has 1 N–H and O–H groups in total. The van der Waals surface area contributed by atoms with Gasteiger partial charge in [0.2, 0.25) is 0 Å². The minimum atomic E-state index is -0.884. The van der Waals surface area contributed by atoms with Crippen molar-refractivity contribution in [3.05, 3.63) is 34.9 Å². The van der Waals surface area contributed by atoms with Gasteiger partial charge in [0.1, 0.15) is 0 Å². The zero-order chi connectivity index (χ0) is 23.1. The zero-order valence-electron chi connectivity index (χ0n) is 20.7. The highest BCUT2D eigenvalue weighted by molar-refractivity contribution is 6.22. The van der Waals surface area contributed by atoms with Gasteiger partial charge in [-0.05, 0) is 62.9 Å². The molecule has 4 nitrogen and oxygen atoms in total. The van der Waals surface area contributed by atoms with Gasteiger partial charge < -0.3 is 10.1 Å². The van der Waals surface area contributed by atoms with Crippen LogP contribution in [0.1, 0.15) is 74.1 Å². The van der Waals surface area contributed by atoms with Crippen LogP contribution in [-0.4, -0.2) is 24.5 Å². The first-order valence-corrected chi connectivity index (χ1v) is 11.9. The largest absolute Gasteiger partial charge is 0.355 e. The Balaban J connectivity index is 2.08. The van der Waals surface area contributed by atoms with Crippen molar-refractivity contribution in [2.75, 3.05) is 7.11 Å². The third kappa shape index (κ3) is 4.33. The van der Waals surface area contributed by atoms with E-state index >= 15 is 0 Å². The van der Waals surface area contributed by atoms with Crippen molar-refractivity contribution in [2.45, 2.75) is 79.9 Å². The number of Topliss-reactive ketones (excluding diaryl/α,β-unsaturated/α-hetero) is 1. The van der Waals surface area contributed by atoms with E-state index in [1.165, 1.54) is 11.1 Å². The van der Waals surface area contributed by atoms with Crippen molar-refractivity contribution < 1.29 is 14.3 Å². The molecule has 172 valence electrons. The van der Waals surface area contributed by atoms with E-state index in [1.54, 1.807) is 13.2 Å². The summed E-state index contributed by atoms with van der Waals surface area (Å²) in [5, 5.41) is 2.97. The Bertz CT molecular complexity index is 835. The van der Waals surface area contributed by atoms with Gasteiger partial charge in [-0.1, -0.05) is 57.4 Å². The van der Waals surface area contributed by atoms with Crippen LogP contribution >= 0.6 is 0 Å². The molecular formula is C27H41NO3. The Kier molecular flexibility index (Phi) is 6.72. The van der Waals surface area contributed by atoms with E-state index in [4.69, 9.17) is 4.74 Å². The van der Waals surface area contributed by atoms with Crippen molar-refractivity contribution in [3.63, 3.8) is 0 Å².